The van der Waals surface area contributed by atoms with Gasteiger partial charge < -0.3 is 4.43 Å². The van der Waals surface area contributed by atoms with E-state index in [1.54, 1.807) is 28.9 Å². The Morgan fingerprint density at radius 3 is 2.31 bits per heavy atom. The minimum Gasteiger partial charge on any atom is -0.395 e. The van der Waals surface area contributed by atoms with Crippen molar-refractivity contribution in [3.8, 4) is 11.8 Å². The molecular weight excluding hydrogens is 448 g/mol. The maximum atomic E-state index is 14.4. The summed E-state index contributed by atoms with van der Waals surface area (Å²) >= 11 is 6.08. The topological polar surface area (TPSA) is 50.8 Å². The van der Waals surface area contributed by atoms with Gasteiger partial charge in [0.1, 0.15) is 6.07 Å². The normalized spacial score (nSPS) is 17.3. The van der Waals surface area contributed by atoms with Gasteiger partial charge in [-0.25, -0.2) is 13.5 Å². The number of rotatable bonds is 5. The Morgan fingerprint density at radius 2 is 1.72 bits per heavy atom. The molecular formula is C24H26ClF2N3OSi. The SMILES string of the molecule is C[Si](C)(C)OC(C#N)(c1c2cc(F)c(F)cc2nn1-c1ccc(Cl)cc1)C1CCCCC1. The molecule has 1 unspecified atom stereocenters. The molecule has 1 saturated carbocycles. The number of nitriles is 1. The summed E-state index contributed by atoms with van der Waals surface area (Å²) in [5.74, 6) is -2.03. The van der Waals surface area contributed by atoms with E-state index in [1.165, 1.54) is 0 Å². The van der Waals surface area contributed by atoms with E-state index >= 15 is 0 Å². The maximum absolute atomic E-state index is 14.4. The molecule has 4 nitrogen and oxygen atoms in total. The Balaban J connectivity index is 2.07. The van der Waals surface area contributed by atoms with Crippen LogP contribution in [-0.4, -0.2) is 18.1 Å². The highest BCUT2D eigenvalue weighted by Gasteiger charge is 2.49. The maximum Gasteiger partial charge on any atom is 0.190 e. The van der Waals surface area contributed by atoms with E-state index < -0.39 is 25.6 Å². The summed E-state index contributed by atoms with van der Waals surface area (Å²) in [7, 11) is -2.25. The van der Waals surface area contributed by atoms with Crippen LogP contribution < -0.4 is 0 Å². The molecule has 3 aromatic rings. The molecule has 1 atom stereocenters. The van der Waals surface area contributed by atoms with E-state index in [-0.39, 0.29) is 11.4 Å². The first-order chi connectivity index (χ1) is 15.1. The van der Waals surface area contributed by atoms with E-state index in [0.717, 1.165) is 44.2 Å². The average molecular weight is 474 g/mol. The second-order valence-corrected chi connectivity index (χ2v) is 14.3. The molecule has 0 aliphatic heterocycles. The molecule has 1 aromatic heterocycles. The van der Waals surface area contributed by atoms with Crippen LogP contribution in [0.15, 0.2) is 36.4 Å². The highest BCUT2D eigenvalue weighted by Crippen LogP contribution is 2.46. The van der Waals surface area contributed by atoms with Gasteiger partial charge in [0.15, 0.2) is 25.6 Å². The van der Waals surface area contributed by atoms with Crippen LogP contribution in [0.5, 0.6) is 0 Å². The third kappa shape index (κ3) is 4.19. The van der Waals surface area contributed by atoms with Crippen molar-refractivity contribution in [1.82, 2.24) is 9.78 Å². The number of halogens is 3. The summed E-state index contributed by atoms with van der Waals surface area (Å²) in [6, 6.07) is 11.7. The predicted octanol–water partition coefficient (Wildman–Crippen LogP) is 7.11. The van der Waals surface area contributed by atoms with E-state index in [9.17, 15) is 14.0 Å². The van der Waals surface area contributed by atoms with Crippen molar-refractivity contribution in [2.75, 3.05) is 0 Å². The molecule has 2 aromatic carbocycles. The van der Waals surface area contributed by atoms with E-state index in [0.29, 0.717) is 21.8 Å². The summed E-state index contributed by atoms with van der Waals surface area (Å²) in [5, 5.41) is 16.2. The van der Waals surface area contributed by atoms with Crippen LogP contribution in [0.4, 0.5) is 8.78 Å². The summed E-state index contributed by atoms with van der Waals surface area (Å²) in [5.41, 5.74) is 0.0637. The number of nitrogens with zero attached hydrogens (tertiary/aromatic N) is 3. The van der Waals surface area contributed by atoms with Crippen LogP contribution in [0, 0.1) is 28.9 Å². The van der Waals surface area contributed by atoms with Crippen molar-refractivity contribution in [3.63, 3.8) is 0 Å². The zero-order valence-electron chi connectivity index (χ0n) is 18.5. The van der Waals surface area contributed by atoms with Crippen LogP contribution in [-0.2, 0) is 10.0 Å². The average Bonchev–Trinajstić information content (AvgIpc) is 3.11. The van der Waals surface area contributed by atoms with Gasteiger partial charge in [-0.05, 0) is 62.8 Å². The third-order valence-electron chi connectivity index (χ3n) is 5.95. The summed E-state index contributed by atoms with van der Waals surface area (Å²) in [6.07, 6.45) is 4.77. The van der Waals surface area contributed by atoms with Gasteiger partial charge in [0.2, 0.25) is 0 Å². The molecule has 0 amide bonds. The van der Waals surface area contributed by atoms with Crippen LogP contribution in [0.3, 0.4) is 0 Å². The van der Waals surface area contributed by atoms with Gasteiger partial charge in [0.05, 0.1) is 16.9 Å². The molecule has 8 heteroatoms. The largest absolute Gasteiger partial charge is 0.395 e. The Bertz CT molecular complexity index is 1180. The highest BCUT2D eigenvalue weighted by molar-refractivity contribution is 6.69. The van der Waals surface area contributed by atoms with Crippen molar-refractivity contribution in [2.45, 2.75) is 57.3 Å². The Morgan fingerprint density at radius 1 is 1.09 bits per heavy atom. The molecule has 0 N–H and O–H groups in total. The van der Waals surface area contributed by atoms with Gasteiger partial charge in [-0.15, -0.1) is 0 Å². The Kier molecular flexibility index (Phi) is 6.14. The second kappa shape index (κ2) is 8.58. The smallest absolute Gasteiger partial charge is 0.190 e. The first-order valence-corrected chi connectivity index (χ1v) is 14.7. The fraction of sp³-hybridized carbons (Fsp3) is 0.417. The van der Waals surface area contributed by atoms with E-state index in [4.69, 9.17) is 16.0 Å². The zero-order chi connectivity index (χ0) is 23.1. The lowest BCUT2D eigenvalue weighted by atomic mass is 9.75. The molecule has 32 heavy (non-hydrogen) atoms. The minimum absolute atomic E-state index is 0.0768. The number of hydrogen-bond donors (Lipinski definition) is 0. The molecule has 0 radical (unpaired) electrons. The molecule has 4 rings (SSSR count). The number of hydrogen-bond acceptors (Lipinski definition) is 3. The lowest BCUT2D eigenvalue weighted by Gasteiger charge is -2.41. The number of aromatic nitrogens is 2. The zero-order valence-corrected chi connectivity index (χ0v) is 20.2. The first kappa shape index (κ1) is 22.9. The van der Waals surface area contributed by atoms with Crippen LogP contribution in [0.1, 0.15) is 37.8 Å². The van der Waals surface area contributed by atoms with Crippen molar-refractivity contribution in [1.29, 1.82) is 5.26 Å². The molecule has 1 fully saturated rings. The Hall–Kier alpha value is -2.27. The van der Waals surface area contributed by atoms with Gasteiger partial charge in [0, 0.05) is 22.4 Å². The van der Waals surface area contributed by atoms with Crippen molar-refractivity contribution >= 4 is 30.8 Å². The van der Waals surface area contributed by atoms with Crippen molar-refractivity contribution in [3.05, 3.63) is 58.7 Å². The summed E-state index contributed by atoms with van der Waals surface area (Å²) in [4.78, 5) is 0. The van der Waals surface area contributed by atoms with Crippen LogP contribution >= 0.6 is 11.6 Å². The van der Waals surface area contributed by atoms with Crippen LogP contribution in [0.25, 0.3) is 16.6 Å². The molecule has 1 heterocycles. The number of benzene rings is 2. The molecule has 1 aliphatic rings. The summed E-state index contributed by atoms with van der Waals surface area (Å²) in [6.45, 7) is 6.11. The minimum atomic E-state index is -2.25. The molecule has 0 spiro atoms. The van der Waals surface area contributed by atoms with Gasteiger partial charge >= 0.3 is 0 Å². The quantitative estimate of drug-likeness (QED) is 0.371. The van der Waals surface area contributed by atoms with Crippen molar-refractivity contribution in [2.24, 2.45) is 5.92 Å². The third-order valence-corrected chi connectivity index (χ3v) is 7.14. The number of fused-ring (bicyclic) bond motifs is 1. The van der Waals surface area contributed by atoms with Crippen molar-refractivity contribution < 1.29 is 13.2 Å². The standard InChI is InChI=1S/C24H26ClF2N3OSi/c1-32(2,3)31-24(15-28,16-7-5-4-6-8-16)23-19-13-20(26)21(27)14-22(19)29-30(23)18-11-9-17(25)10-12-18/h9-14,16H,4-8H2,1-3H3. The van der Waals surface area contributed by atoms with Gasteiger partial charge in [0.25, 0.3) is 0 Å². The van der Waals surface area contributed by atoms with E-state index in [1.807, 2.05) is 19.6 Å². The molecule has 168 valence electrons. The second-order valence-electron chi connectivity index (χ2n) is 9.42. The summed E-state index contributed by atoms with van der Waals surface area (Å²) < 4.78 is 36.8. The first-order valence-electron chi connectivity index (χ1n) is 10.9. The van der Waals surface area contributed by atoms with Gasteiger partial charge in [-0.3, -0.25) is 0 Å². The fourth-order valence-electron chi connectivity index (χ4n) is 4.69. The molecule has 0 bridgehead atoms. The fourth-order valence-corrected chi connectivity index (χ4v) is 6.09. The predicted molar refractivity (Wildman–Crippen MR) is 124 cm³/mol. The monoisotopic (exact) mass is 473 g/mol. The lowest BCUT2D eigenvalue weighted by molar-refractivity contribution is 0.0270. The highest BCUT2D eigenvalue weighted by atomic mass is 35.5. The van der Waals surface area contributed by atoms with E-state index in [2.05, 4.69) is 11.2 Å². The Labute approximate surface area is 192 Å². The van der Waals surface area contributed by atoms with Gasteiger partial charge in [-0.1, -0.05) is 30.9 Å². The molecule has 1 aliphatic carbocycles. The van der Waals surface area contributed by atoms with Crippen LogP contribution in [0.2, 0.25) is 24.7 Å². The van der Waals surface area contributed by atoms with Gasteiger partial charge in [-0.2, -0.15) is 10.4 Å². The lowest BCUT2D eigenvalue weighted by Crippen LogP contribution is -2.47. The molecule has 0 saturated heterocycles.